The summed E-state index contributed by atoms with van der Waals surface area (Å²) in [6.07, 6.45) is 6.07. The van der Waals surface area contributed by atoms with E-state index in [9.17, 15) is 19.8 Å². The molecule has 6 heteroatoms. The molecule has 1 atom stereocenters. The average Bonchev–Trinajstić information content (AvgIpc) is 2.72. The molecule has 0 spiro atoms. The lowest BCUT2D eigenvalue weighted by atomic mass is 9.86. The fourth-order valence-electron chi connectivity index (χ4n) is 4.23. The van der Waals surface area contributed by atoms with E-state index >= 15 is 0 Å². The predicted octanol–water partition coefficient (Wildman–Crippen LogP) is 3.14. The first kappa shape index (κ1) is 21.0. The molecule has 29 heavy (non-hydrogen) atoms. The van der Waals surface area contributed by atoms with Crippen molar-refractivity contribution < 1.29 is 15.0 Å². The molecule has 1 heterocycles. The molecular weight excluding hydrogens is 368 g/mol. The van der Waals surface area contributed by atoms with E-state index in [4.69, 9.17) is 0 Å². The predicted molar refractivity (Wildman–Crippen MR) is 112 cm³/mol. The Bertz CT molecular complexity index is 935. The molecule has 0 bridgehead atoms. The molecular formula is C23H30N2O4. The van der Waals surface area contributed by atoms with Crippen LogP contribution in [0.15, 0.2) is 35.3 Å². The summed E-state index contributed by atoms with van der Waals surface area (Å²) in [5.74, 6) is 0.271. The maximum absolute atomic E-state index is 13.0. The molecule has 0 saturated heterocycles. The number of phenolic OH excluding ortho intramolecular Hbond substituents is 1. The van der Waals surface area contributed by atoms with Crippen LogP contribution < -0.4 is 5.43 Å². The zero-order chi connectivity index (χ0) is 21.0. The van der Waals surface area contributed by atoms with Crippen molar-refractivity contribution in [3.63, 3.8) is 0 Å². The summed E-state index contributed by atoms with van der Waals surface area (Å²) in [5.41, 5.74) is 2.29. The van der Waals surface area contributed by atoms with Crippen LogP contribution in [-0.2, 0) is 24.2 Å². The smallest absolute Gasteiger partial charge is 0.223 e. The molecule has 0 aliphatic heterocycles. The summed E-state index contributed by atoms with van der Waals surface area (Å²) in [6, 6.07) is 7.15. The van der Waals surface area contributed by atoms with Crippen LogP contribution in [-0.4, -0.2) is 38.2 Å². The van der Waals surface area contributed by atoms with Crippen molar-refractivity contribution >= 4 is 5.91 Å². The van der Waals surface area contributed by atoms with Crippen molar-refractivity contribution in [2.75, 3.05) is 6.54 Å². The fourth-order valence-corrected chi connectivity index (χ4v) is 4.23. The lowest BCUT2D eigenvalue weighted by Gasteiger charge is -2.35. The quantitative estimate of drug-likeness (QED) is 0.751. The molecule has 6 nitrogen and oxygen atoms in total. The SMILES string of the molecule is CCCN(C(=O)CCCn1ccc(=O)c(O)c1C)C1CCc2c(O)cccc2C1. The van der Waals surface area contributed by atoms with Crippen molar-refractivity contribution in [1.29, 1.82) is 0 Å². The van der Waals surface area contributed by atoms with Crippen LogP contribution in [0.2, 0.25) is 0 Å². The van der Waals surface area contributed by atoms with Crippen LogP contribution in [0.25, 0.3) is 0 Å². The average molecular weight is 399 g/mol. The molecule has 3 rings (SSSR count). The molecule has 1 aromatic heterocycles. The number of hydrogen-bond donors (Lipinski definition) is 2. The number of carbonyl (C=O) groups excluding carboxylic acids is 1. The monoisotopic (exact) mass is 398 g/mol. The van der Waals surface area contributed by atoms with Crippen molar-refractivity contribution in [2.24, 2.45) is 0 Å². The number of amides is 1. The number of aromatic hydroxyl groups is 2. The van der Waals surface area contributed by atoms with Crippen LogP contribution in [0, 0.1) is 6.92 Å². The van der Waals surface area contributed by atoms with Gasteiger partial charge in [-0.2, -0.15) is 0 Å². The highest BCUT2D eigenvalue weighted by Gasteiger charge is 2.28. The Labute approximate surface area is 171 Å². The molecule has 1 aromatic carbocycles. The summed E-state index contributed by atoms with van der Waals surface area (Å²) in [5, 5.41) is 19.9. The van der Waals surface area contributed by atoms with Gasteiger partial charge >= 0.3 is 0 Å². The van der Waals surface area contributed by atoms with E-state index in [1.807, 2.05) is 21.6 Å². The first-order chi connectivity index (χ1) is 13.9. The molecule has 0 saturated carbocycles. The van der Waals surface area contributed by atoms with Crippen LogP contribution >= 0.6 is 0 Å². The Morgan fingerprint density at radius 2 is 2.07 bits per heavy atom. The number of aromatic nitrogens is 1. The number of fused-ring (bicyclic) bond motifs is 1. The Morgan fingerprint density at radius 1 is 1.28 bits per heavy atom. The van der Waals surface area contributed by atoms with Crippen molar-refractivity contribution in [1.82, 2.24) is 9.47 Å². The molecule has 1 amide bonds. The Hall–Kier alpha value is -2.76. The van der Waals surface area contributed by atoms with E-state index in [0.717, 1.165) is 43.4 Å². The van der Waals surface area contributed by atoms with Crippen molar-refractivity contribution in [3.8, 4) is 11.5 Å². The van der Waals surface area contributed by atoms with Crippen molar-refractivity contribution in [3.05, 3.63) is 57.5 Å². The second-order valence-corrected chi connectivity index (χ2v) is 7.81. The third-order valence-corrected chi connectivity index (χ3v) is 5.86. The zero-order valence-corrected chi connectivity index (χ0v) is 17.2. The second kappa shape index (κ2) is 9.16. The summed E-state index contributed by atoms with van der Waals surface area (Å²) >= 11 is 0. The van der Waals surface area contributed by atoms with E-state index in [1.54, 1.807) is 19.2 Å². The first-order valence-electron chi connectivity index (χ1n) is 10.4. The zero-order valence-electron chi connectivity index (χ0n) is 17.2. The van der Waals surface area contributed by atoms with Gasteiger partial charge in [-0.1, -0.05) is 19.1 Å². The van der Waals surface area contributed by atoms with Crippen LogP contribution in [0.3, 0.4) is 0 Å². The highest BCUT2D eigenvalue weighted by atomic mass is 16.3. The summed E-state index contributed by atoms with van der Waals surface area (Å²) in [4.78, 5) is 26.5. The van der Waals surface area contributed by atoms with Gasteiger partial charge in [0.15, 0.2) is 5.75 Å². The van der Waals surface area contributed by atoms with E-state index in [-0.39, 0.29) is 23.1 Å². The molecule has 2 aromatic rings. The third-order valence-electron chi connectivity index (χ3n) is 5.86. The van der Waals surface area contributed by atoms with E-state index < -0.39 is 0 Å². The van der Waals surface area contributed by atoms with Gasteiger partial charge in [0.1, 0.15) is 5.75 Å². The van der Waals surface area contributed by atoms with Gasteiger partial charge in [0.05, 0.1) is 5.69 Å². The second-order valence-electron chi connectivity index (χ2n) is 7.81. The minimum absolute atomic E-state index is 0.142. The first-order valence-corrected chi connectivity index (χ1v) is 10.4. The standard InChI is InChI=1S/C23H30N2O4/c1-3-12-25(18-9-10-19-17(15-18)6-4-7-20(19)26)22(28)8-5-13-24-14-11-21(27)23(29)16(24)2/h4,6-7,11,14,18,26,29H,3,5,8-10,12-13,15H2,1-2H3. The molecule has 0 radical (unpaired) electrons. The maximum atomic E-state index is 13.0. The molecule has 2 N–H and O–H groups in total. The molecule has 0 fully saturated rings. The highest BCUT2D eigenvalue weighted by molar-refractivity contribution is 5.76. The number of hydrogen-bond acceptors (Lipinski definition) is 4. The van der Waals surface area contributed by atoms with E-state index in [0.29, 0.717) is 30.8 Å². The normalized spacial score (nSPS) is 15.7. The largest absolute Gasteiger partial charge is 0.508 e. The topological polar surface area (TPSA) is 82.8 Å². The van der Waals surface area contributed by atoms with Gasteiger partial charge in [-0.15, -0.1) is 0 Å². The molecule has 1 unspecified atom stereocenters. The summed E-state index contributed by atoms with van der Waals surface area (Å²) in [7, 11) is 0. The Kier molecular flexibility index (Phi) is 6.62. The number of carbonyl (C=O) groups is 1. The molecule has 1 aliphatic rings. The highest BCUT2D eigenvalue weighted by Crippen LogP contribution is 2.31. The summed E-state index contributed by atoms with van der Waals surface area (Å²) < 4.78 is 1.81. The summed E-state index contributed by atoms with van der Waals surface area (Å²) in [6.45, 7) is 5.09. The van der Waals surface area contributed by atoms with E-state index in [2.05, 4.69) is 6.92 Å². The maximum Gasteiger partial charge on any atom is 0.223 e. The van der Waals surface area contributed by atoms with Gasteiger partial charge in [0, 0.05) is 37.8 Å². The number of nitrogens with zero attached hydrogens (tertiary/aromatic N) is 2. The minimum Gasteiger partial charge on any atom is -0.508 e. The van der Waals surface area contributed by atoms with Crippen LogP contribution in [0.1, 0.15) is 49.4 Å². The van der Waals surface area contributed by atoms with Gasteiger partial charge in [0.25, 0.3) is 0 Å². The van der Waals surface area contributed by atoms with Gasteiger partial charge in [0.2, 0.25) is 11.3 Å². The fraction of sp³-hybridized carbons (Fsp3) is 0.478. The molecule has 1 aliphatic carbocycles. The van der Waals surface area contributed by atoms with Gasteiger partial charge in [-0.25, -0.2) is 0 Å². The number of phenols is 1. The Morgan fingerprint density at radius 3 is 2.83 bits per heavy atom. The third kappa shape index (κ3) is 4.63. The number of benzene rings is 1. The number of rotatable bonds is 7. The number of pyridine rings is 1. The minimum atomic E-state index is -0.382. The van der Waals surface area contributed by atoms with Crippen LogP contribution in [0.4, 0.5) is 0 Å². The lowest BCUT2D eigenvalue weighted by Crippen LogP contribution is -2.43. The number of aryl methyl sites for hydroxylation is 1. The van der Waals surface area contributed by atoms with Crippen molar-refractivity contribution in [2.45, 2.75) is 65.0 Å². The molecule has 156 valence electrons. The lowest BCUT2D eigenvalue weighted by molar-refractivity contribution is -0.134. The van der Waals surface area contributed by atoms with E-state index in [1.165, 1.54) is 6.07 Å². The van der Waals surface area contributed by atoms with Gasteiger partial charge in [-0.3, -0.25) is 9.59 Å². The van der Waals surface area contributed by atoms with Gasteiger partial charge in [-0.05, 0) is 56.2 Å². The van der Waals surface area contributed by atoms with Gasteiger partial charge < -0.3 is 19.7 Å². The van der Waals surface area contributed by atoms with Crippen LogP contribution in [0.5, 0.6) is 11.5 Å². The Balaban J connectivity index is 1.63.